The Hall–Kier alpha value is -1.01. The summed E-state index contributed by atoms with van der Waals surface area (Å²) in [6.45, 7) is 0. The molecule has 0 saturated carbocycles. The highest BCUT2D eigenvalue weighted by Gasteiger charge is 2.12. The molecule has 0 spiro atoms. The summed E-state index contributed by atoms with van der Waals surface area (Å²) in [5.74, 6) is 0.167. The fourth-order valence-electron chi connectivity index (χ4n) is 1.44. The Bertz CT molecular complexity index is 504. The second kappa shape index (κ2) is 4.47. The molecule has 84 valence electrons. The first-order valence-electron chi connectivity index (χ1n) is 4.45. The monoisotopic (exact) mass is 301 g/mol. The number of benzene rings is 1. The third-order valence-electron chi connectivity index (χ3n) is 2.18. The summed E-state index contributed by atoms with van der Waals surface area (Å²) in [6.07, 6.45) is 3.41. The van der Waals surface area contributed by atoms with Crippen LogP contribution in [0.15, 0.2) is 27.7 Å². The lowest BCUT2D eigenvalue weighted by atomic mass is 10.1. The first kappa shape index (κ1) is 11.5. The van der Waals surface area contributed by atoms with E-state index in [2.05, 4.69) is 26.1 Å². The smallest absolute Gasteiger partial charge is 0.138 e. The van der Waals surface area contributed by atoms with Gasteiger partial charge in [-0.2, -0.15) is 5.10 Å². The molecule has 1 heterocycles. The number of aromatic amines is 1. The molecule has 3 nitrogen and oxygen atoms in total. The lowest BCUT2D eigenvalue weighted by Gasteiger charge is -2.06. The van der Waals surface area contributed by atoms with Gasteiger partial charge in [-0.3, -0.25) is 5.10 Å². The first-order chi connectivity index (χ1) is 7.63. The third kappa shape index (κ3) is 1.94. The van der Waals surface area contributed by atoms with Crippen LogP contribution in [0.5, 0.6) is 0 Å². The van der Waals surface area contributed by atoms with Crippen molar-refractivity contribution in [3.63, 3.8) is 0 Å². The van der Waals surface area contributed by atoms with Crippen LogP contribution in [0.3, 0.4) is 0 Å². The molecule has 0 aliphatic rings. The Morgan fingerprint density at radius 3 is 2.75 bits per heavy atom. The maximum Gasteiger partial charge on any atom is 0.138 e. The summed E-state index contributed by atoms with van der Waals surface area (Å²) in [6, 6.07) is 3.29. The van der Waals surface area contributed by atoms with Gasteiger partial charge in [0.1, 0.15) is 11.6 Å². The van der Waals surface area contributed by atoms with Crippen LogP contribution in [0, 0.1) is 5.82 Å². The molecule has 0 aliphatic carbocycles. The zero-order chi connectivity index (χ0) is 11.7. The molecule has 16 heavy (non-hydrogen) atoms. The van der Waals surface area contributed by atoms with E-state index in [4.69, 9.17) is 5.73 Å². The molecule has 0 fully saturated rings. The number of nitrogens with zero attached hydrogens (tertiary/aromatic N) is 1. The van der Waals surface area contributed by atoms with E-state index in [-0.39, 0.29) is 5.82 Å². The summed E-state index contributed by atoms with van der Waals surface area (Å²) >= 11 is 4.69. The second-order valence-electron chi connectivity index (χ2n) is 3.17. The minimum Gasteiger partial charge on any atom is -0.384 e. The van der Waals surface area contributed by atoms with Gasteiger partial charge >= 0.3 is 0 Å². The highest BCUT2D eigenvalue weighted by molar-refractivity contribution is 9.10. The molecule has 0 radical (unpaired) electrons. The normalized spacial score (nSPS) is 10.7. The molecule has 0 amide bonds. The Balaban J connectivity index is 2.57. The van der Waals surface area contributed by atoms with Crippen LogP contribution in [0.2, 0.25) is 0 Å². The maximum atomic E-state index is 13.7. The number of rotatable bonds is 2. The van der Waals surface area contributed by atoms with Crippen molar-refractivity contribution in [1.82, 2.24) is 10.2 Å². The maximum absolute atomic E-state index is 13.7. The van der Waals surface area contributed by atoms with E-state index in [1.165, 1.54) is 17.8 Å². The summed E-state index contributed by atoms with van der Waals surface area (Å²) in [5, 5.41) is 6.43. The van der Waals surface area contributed by atoms with Crippen molar-refractivity contribution in [2.24, 2.45) is 0 Å². The quantitative estimate of drug-likeness (QED) is 0.837. The average molecular weight is 302 g/mol. The van der Waals surface area contributed by atoms with E-state index in [0.717, 1.165) is 4.47 Å². The van der Waals surface area contributed by atoms with Gasteiger partial charge in [0.25, 0.3) is 0 Å². The zero-order valence-electron chi connectivity index (χ0n) is 8.42. The van der Waals surface area contributed by atoms with Crippen molar-refractivity contribution >= 4 is 33.5 Å². The fourth-order valence-corrected chi connectivity index (χ4v) is 2.87. The van der Waals surface area contributed by atoms with Crippen LogP contribution in [0.1, 0.15) is 0 Å². The van der Waals surface area contributed by atoms with E-state index in [0.29, 0.717) is 21.8 Å². The molecular formula is C10H9BrFN3S. The molecule has 2 aromatic rings. The predicted molar refractivity (Wildman–Crippen MR) is 67.9 cm³/mol. The van der Waals surface area contributed by atoms with Gasteiger partial charge in [0.15, 0.2) is 0 Å². The van der Waals surface area contributed by atoms with E-state index in [1.807, 2.05) is 12.3 Å². The van der Waals surface area contributed by atoms with Gasteiger partial charge in [0.2, 0.25) is 0 Å². The molecule has 1 aromatic heterocycles. The minimum atomic E-state index is -0.266. The second-order valence-corrected chi connectivity index (χ2v) is 4.84. The van der Waals surface area contributed by atoms with Crippen molar-refractivity contribution in [3.8, 4) is 11.1 Å². The standard InChI is InChI=1S/C10H9BrFN3S/c1-16-9-7(11)2-5(3-8(9)12)6-4-14-15-10(6)13/h2-4H,1H3,(H3,13,14,15). The number of nitrogens with one attached hydrogen (secondary N) is 1. The van der Waals surface area contributed by atoms with E-state index >= 15 is 0 Å². The van der Waals surface area contributed by atoms with Crippen LogP contribution in [-0.4, -0.2) is 16.5 Å². The van der Waals surface area contributed by atoms with Gasteiger partial charge in [0.05, 0.1) is 11.1 Å². The number of aromatic nitrogens is 2. The molecule has 0 saturated heterocycles. The zero-order valence-corrected chi connectivity index (χ0v) is 10.8. The molecule has 2 rings (SSSR count). The molecule has 3 N–H and O–H groups in total. The highest BCUT2D eigenvalue weighted by atomic mass is 79.9. The molecule has 6 heteroatoms. The fraction of sp³-hybridized carbons (Fsp3) is 0.100. The summed E-state index contributed by atoms with van der Waals surface area (Å²) in [5.41, 5.74) is 7.09. The Morgan fingerprint density at radius 2 is 2.25 bits per heavy atom. The summed E-state index contributed by atoms with van der Waals surface area (Å²) in [7, 11) is 0. The van der Waals surface area contributed by atoms with E-state index in [9.17, 15) is 4.39 Å². The van der Waals surface area contributed by atoms with Gasteiger partial charge in [-0.25, -0.2) is 4.39 Å². The lowest BCUT2D eigenvalue weighted by Crippen LogP contribution is -1.90. The van der Waals surface area contributed by atoms with E-state index in [1.54, 1.807) is 6.20 Å². The molecule has 0 bridgehead atoms. The van der Waals surface area contributed by atoms with Gasteiger partial charge in [0, 0.05) is 10.0 Å². The van der Waals surface area contributed by atoms with Gasteiger partial charge in [-0.1, -0.05) is 0 Å². The van der Waals surface area contributed by atoms with Gasteiger partial charge < -0.3 is 5.73 Å². The van der Waals surface area contributed by atoms with Crippen molar-refractivity contribution in [2.75, 3.05) is 12.0 Å². The SMILES string of the molecule is CSc1c(F)cc(-c2cn[nH]c2N)cc1Br. The predicted octanol–water partition coefficient (Wildman–Crippen LogP) is 3.28. The number of halogens is 2. The Kier molecular flexibility index (Phi) is 3.20. The average Bonchev–Trinajstić information content (AvgIpc) is 2.64. The van der Waals surface area contributed by atoms with Crippen LogP contribution >= 0.6 is 27.7 Å². The molecule has 0 unspecified atom stereocenters. The van der Waals surface area contributed by atoms with Gasteiger partial charge in [-0.15, -0.1) is 11.8 Å². The Labute approximate surface area is 105 Å². The van der Waals surface area contributed by atoms with E-state index < -0.39 is 0 Å². The summed E-state index contributed by atoms with van der Waals surface area (Å²) in [4.78, 5) is 0.589. The van der Waals surface area contributed by atoms with Crippen LogP contribution in [0.25, 0.3) is 11.1 Å². The molecule has 1 aromatic carbocycles. The van der Waals surface area contributed by atoms with Crippen LogP contribution < -0.4 is 5.73 Å². The number of hydrogen-bond donors (Lipinski definition) is 2. The molecule has 0 aliphatic heterocycles. The topological polar surface area (TPSA) is 54.7 Å². The lowest BCUT2D eigenvalue weighted by molar-refractivity contribution is 0.601. The molecule has 0 atom stereocenters. The largest absolute Gasteiger partial charge is 0.384 e. The third-order valence-corrected chi connectivity index (χ3v) is 3.89. The number of hydrogen-bond acceptors (Lipinski definition) is 3. The molecular weight excluding hydrogens is 293 g/mol. The number of nitrogen functional groups attached to an aromatic ring is 1. The minimum absolute atomic E-state index is 0.266. The summed E-state index contributed by atoms with van der Waals surface area (Å²) < 4.78 is 14.4. The van der Waals surface area contributed by atoms with Crippen molar-refractivity contribution in [2.45, 2.75) is 4.90 Å². The van der Waals surface area contributed by atoms with Crippen molar-refractivity contribution < 1.29 is 4.39 Å². The van der Waals surface area contributed by atoms with Crippen molar-refractivity contribution in [3.05, 3.63) is 28.6 Å². The van der Waals surface area contributed by atoms with Gasteiger partial charge in [-0.05, 0) is 39.9 Å². The van der Waals surface area contributed by atoms with Crippen LogP contribution in [0.4, 0.5) is 10.2 Å². The Morgan fingerprint density at radius 1 is 1.50 bits per heavy atom. The highest BCUT2D eigenvalue weighted by Crippen LogP contribution is 2.34. The number of nitrogens with two attached hydrogens (primary N) is 1. The van der Waals surface area contributed by atoms with Crippen LogP contribution in [-0.2, 0) is 0 Å². The number of anilines is 1. The van der Waals surface area contributed by atoms with Crippen molar-refractivity contribution in [1.29, 1.82) is 0 Å². The number of thioether (sulfide) groups is 1. The number of H-pyrrole nitrogens is 1. The first-order valence-corrected chi connectivity index (χ1v) is 6.47.